The lowest BCUT2D eigenvalue weighted by atomic mass is 10.2. The summed E-state index contributed by atoms with van der Waals surface area (Å²) in [5, 5.41) is 8.51. The van der Waals surface area contributed by atoms with Gasteiger partial charge in [-0.2, -0.15) is 5.10 Å². The maximum atomic E-state index is 13.3. The van der Waals surface area contributed by atoms with Crippen molar-refractivity contribution in [3.05, 3.63) is 98.6 Å². The van der Waals surface area contributed by atoms with Crippen molar-refractivity contribution >= 4 is 16.7 Å². The molecule has 2 aromatic heterocycles. The Hall–Kier alpha value is -3.81. The van der Waals surface area contributed by atoms with Gasteiger partial charge in [0.25, 0.3) is 11.1 Å². The van der Waals surface area contributed by atoms with Crippen LogP contribution in [0.5, 0.6) is 0 Å². The number of hydrogen-bond acceptors (Lipinski definition) is 5. The molecule has 0 radical (unpaired) electrons. The van der Waals surface area contributed by atoms with E-state index >= 15 is 0 Å². The molecular weight excluding hydrogens is 373 g/mol. The smallest absolute Gasteiger partial charge is 0.275 e. The number of nitrogens with zero attached hydrogens (tertiary/aromatic N) is 3. The molecular formula is C21H18FN5O2. The molecule has 0 spiro atoms. The fourth-order valence-electron chi connectivity index (χ4n) is 3.11. The summed E-state index contributed by atoms with van der Waals surface area (Å²) in [5.41, 5.74) is 0.475. The second-order valence-electron chi connectivity index (χ2n) is 6.66. The Labute approximate surface area is 164 Å². The van der Waals surface area contributed by atoms with Gasteiger partial charge in [0.15, 0.2) is 0 Å². The maximum Gasteiger partial charge on any atom is 0.275 e. The van der Waals surface area contributed by atoms with E-state index in [0.717, 1.165) is 5.39 Å². The third kappa shape index (κ3) is 3.91. The van der Waals surface area contributed by atoms with Crippen molar-refractivity contribution < 1.29 is 4.39 Å². The standard InChI is InChI=1S/C21H18FN5O2/c1-13(27-20(29)17-8-3-2-6-15(17)12-24-27)18-10-19(28)26-21(25-18)23-11-14-5-4-7-16(22)9-14/h2-10,12-13H,11H2,1H3,(H2,23,25,26,28)/t13-/m1/s1. The maximum absolute atomic E-state index is 13.3. The molecule has 0 aliphatic heterocycles. The predicted octanol–water partition coefficient (Wildman–Crippen LogP) is 2.84. The molecule has 0 saturated carbocycles. The van der Waals surface area contributed by atoms with Crippen LogP contribution in [0.15, 0.2) is 70.4 Å². The monoisotopic (exact) mass is 391 g/mol. The third-order valence-electron chi connectivity index (χ3n) is 4.63. The zero-order valence-corrected chi connectivity index (χ0v) is 15.6. The number of aromatic nitrogens is 4. The van der Waals surface area contributed by atoms with Crippen LogP contribution in [0, 0.1) is 5.82 Å². The van der Waals surface area contributed by atoms with Gasteiger partial charge in [-0.15, -0.1) is 0 Å². The lowest BCUT2D eigenvalue weighted by Gasteiger charge is -2.15. The number of aromatic amines is 1. The van der Waals surface area contributed by atoms with Crippen molar-refractivity contribution in [3.63, 3.8) is 0 Å². The second-order valence-corrected chi connectivity index (χ2v) is 6.66. The van der Waals surface area contributed by atoms with E-state index < -0.39 is 6.04 Å². The summed E-state index contributed by atoms with van der Waals surface area (Å²) in [7, 11) is 0. The molecule has 0 fully saturated rings. The van der Waals surface area contributed by atoms with Gasteiger partial charge in [0.2, 0.25) is 5.95 Å². The zero-order valence-electron chi connectivity index (χ0n) is 15.6. The van der Waals surface area contributed by atoms with Crippen LogP contribution in [0.1, 0.15) is 24.2 Å². The molecule has 0 bridgehead atoms. The summed E-state index contributed by atoms with van der Waals surface area (Å²) in [6, 6.07) is 14.1. The molecule has 2 N–H and O–H groups in total. The molecule has 29 heavy (non-hydrogen) atoms. The number of halogens is 1. The van der Waals surface area contributed by atoms with Crippen molar-refractivity contribution in [3.8, 4) is 0 Å². The zero-order chi connectivity index (χ0) is 20.4. The van der Waals surface area contributed by atoms with Crippen molar-refractivity contribution in [2.45, 2.75) is 19.5 Å². The summed E-state index contributed by atoms with van der Waals surface area (Å²) in [6.07, 6.45) is 1.61. The summed E-state index contributed by atoms with van der Waals surface area (Å²) in [5.74, 6) is -0.104. The minimum atomic E-state index is -0.552. The van der Waals surface area contributed by atoms with Crippen molar-refractivity contribution in [1.29, 1.82) is 0 Å². The van der Waals surface area contributed by atoms with E-state index in [0.29, 0.717) is 16.6 Å². The molecule has 0 unspecified atom stereocenters. The minimum absolute atomic E-state index is 0.234. The van der Waals surface area contributed by atoms with E-state index in [1.807, 2.05) is 12.1 Å². The average molecular weight is 391 g/mol. The Morgan fingerprint density at radius 2 is 1.97 bits per heavy atom. The van der Waals surface area contributed by atoms with Crippen molar-refractivity contribution in [2.75, 3.05) is 5.32 Å². The first-order chi connectivity index (χ1) is 14.0. The van der Waals surface area contributed by atoms with Crippen LogP contribution in [-0.4, -0.2) is 19.7 Å². The molecule has 7 nitrogen and oxygen atoms in total. The minimum Gasteiger partial charge on any atom is -0.352 e. The topological polar surface area (TPSA) is 92.7 Å². The normalized spacial score (nSPS) is 12.1. The summed E-state index contributed by atoms with van der Waals surface area (Å²) in [6.45, 7) is 2.04. The van der Waals surface area contributed by atoms with Crippen molar-refractivity contribution in [2.24, 2.45) is 0 Å². The Morgan fingerprint density at radius 1 is 1.14 bits per heavy atom. The van der Waals surface area contributed by atoms with Gasteiger partial charge in [-0.05, 0) is 30.7 Å². The molecule has 146 valence electrons. The average Bonchev–Trinajstić information content (AvgIpc) is 2.72. The van der Waals surface area contributed by atoms with Gasteiger partial charge in [0, 0.05) is 18.0 Å². The van der Waals surface area contributed by atoms with Gasteiger partial charge in [0.05, 0.1) is 23.3 Å². The Morgan fingerprint density at radius 3 is 2.79 bits per heavy atom. The predicted molar refractivity (Wildman–Crippen MR) is 108 cm³/mol. The summed E-state index contributed by atoms with van der Waals surface area (Å²) < 4.78 is 14.6. The van der Waals surface area contributed by atoms with E-state index in [4.69, 9.17) is 0 Å². The van der Waals surface area contributed by atoms with E-state index in [1.54, 1.807) is 37.4 Å². The Bertz CT molecular complexity index is 1300. The third-order valence-corrected chi connectivity index (χ3v) is 4.63. The molecule has 0 amide bonds. The van der Waals surface area contributed by atoms with Gasteiger partial charge in [0.1, 0.15) is 5.82 Å². The molecule has 2 aromatic carbocycles. The van der Waals surface area contributed by atoms with Crippen LogP contribution >= 0.6 is 0 Å². The fraction of sp³-hybridized carbons (Fsp3) is 0.143. The van der Waals surface area contributed by atoms with E-state index in [1.165, 1.54) is 22.9 Å². The lowest BCUT2D eigenvalue weighted by molar-refractivity contribution is 0.524. The van der Waals surface area contributed by atoms with Crippen LogP contribution in [0.3, 0.4) is 0 Å². The van der Waals surface area contributed by atoms with Crippen LogP contribution in [0.4, 0.5) is 10.3 Å². The molecule has 4 rings (SSSR count). The van der Waals surface area contributed by atoms with E-state index in [-0.39, 0.29) is 29.4 Å². The quantitative estimate of drug-likeness (QED) is 0.546. The summed E-state index contributed by atoms with van der Waals surface area (Å²) >= 11 is 0. The molecule has 0 saturated heterocycles. The van der Waals surface area contributed by atoms with E-state index in [2.05, 4.69) is 20.4 Å². The SMILES string of the molecule is C[C@H](c1cc(=O)[nH]c(NCc2cccc(F)c2)n1)n1ncc2ccccc2c1=O. The summed E-state index contributed by atoms with van der Waals surface area (Å²) in [4.78, 5) is 31.9. The molecule has 4 aromatic rings. The van der Waals surface area contributed by atoms with Crippen LogP contribution in [0.25, 0.3) is 10.8 Å². The molecule has 2 heterocycles. The first kappa shape index (κ1) is 18.5. The Balaban J connectivity index is 1.64. The van der Waals surface area contributed by atoms with Gasteiger partial charge >= 0.3 is 0 Å². The number of hydrogen-bond donors (Lipinski definition) is 2. The second kappa shape index (κ2) is 7.67. The molecule has 1 atom stereocenters. The largest absolute Gasteiger partial charge is 0.352 e. The van der Waals surface area contributed by atoms with Gasteiger partial charge in [-0.1, -0.05) is 30.3 Å². The Kier molecular flexibility index (Phi) is 4.90. The molecule has 0 aliphatic rings. The van der Waals surface area contributed by atoms with Gasteiger partial charge < -0.3 is 5.32 Å². The number of rotatable bonds is 5. The highest BCUT2D eigenvalue weighted by Gasteiger charge is 2.15. The van der Waals surface area contributed by atoms with E-state index in [9.17, 15) is 14.0 Å². The lowest BCUT2D eigenvalue weighted by Crippen LogP contribution is -2.28. The highest BCUT2D eigenvalue weighted by Crippen LogP contribution is 2.15. The highest BCUT2D eigenvalue weighted by molar-refractivity contribution is 5.80. The number of benzene rings is 2. The van der Waals surface area contributed by atoms with Gasteiger partial charge in [-0.3, -0.25) is 14.6 Å². The highest BCUT2D eigenvalue weighted by atomic mass is 19.1. The number of H-pyrrole nitrogens is 1. The number of nitrogens with one attached hydrogen (secondary N) is 2. The van der Waals surface area contributed by atoms with Crippen LogP contribution in [0.2, 0.25) is 0 Å². The first-order valence-corrected chi connectivity index (χ1v) is 9.07. The number of fused-ring (bicyclic) bond motifs is 1. The van der Waals surface area contributed by atoms with Crippen LogP contribution in [-0.2, 0) is 6.54 Å². The first-order valence-electron chi connectivity index (χ1n) is 9.07. The van der Waals surface area contributed by atoms with Crippen LogP contribution < -0.4 is 16.4 Å². The van der Waals surface area contributed by atoms with Crippen molar-refractivity contribution in [1.82, 2.24) is 19.7 Å². The van der Waals surface area contributed by atoms with Gasteiger partial charge in [-0.25, -0.2) is 14.1 Å². The molecule has 0 aliphatic carbocycles. The number of anilines is 1. The fourth-order valence-corrected chi connectivity index (χ4v) is 3.11. The molecule has 8 heteroatoms.